The lowest BCUT2D eigenvalue weighted by atomic mass is 9.91. The summed E-state index contributed by atoms with van der Waals surface area (Å²) in [6.07, 6.45) is 8.29. The summed E-state index contributed by atoms with van der Waals surface area (Å²) in [5, 5.41) is 6.26. The Labute approximate surface area is 208 Å². The van der Waals surface area contributed by atoms with Crippen LogP contribution in [0.2, 0.25) is 0 Å². The van der Waals surface area contributed by atoms with Crippen molar-refractivity contribution in [3.05, 3.63) is 47.4 Å². The van der Waals surface area contributed by atoms with Crippen LogP contribution in [0.1, 0.15) is 74.6 Å². The van der Waals surface area contributed by atoms with Crippen molar-refractivity contribution in [2.24, 2.45) is 0 Å². The molecule has 0 unspecified atom stereocenters. The fourth-order valence-corrected chi connectivity index (χ4v) is 5.51. The molecule has 2 saturated carbocycles. The number of hydrogen-bond donors (Lipinski definition) is 2. The zero-order valence-electron chi connectivity index (χ0n) is 21.2. The van der Waals surface area contributed by atoms with Crippen LogP contribution in [0, 0.1) is 19.7 Å². The number of carbonyl (C=O) groups excluding carboxylic acids is 2. The van der Waals surface area contributed by atoms with Gasteiger partial charge in [0.25, 0.3) is 5.91 Å². The molecule has 0 radical (unpaired) electrons. The van der Waals surface area contributed by atoms with E-state index in [0.717, 1.165) is 25.7 Å². The summed E-state index contributed by atoms with van der Waals surface area (Å²) in [6.45, 7) is 9.04. The van der Waals surface area contributed by atoms with E-state index in [9.17, 15) is 14.0 Å². The van der Waals surface area contributed by atoms with Gasteiger partial charge in [-0.05, 0) is 72.8 Å². The van der Waals surface area contributed by atoms with Crippen LogP contribution in [-0.4, -0.2) is 48.0 Å². The lowest BCUT2D eigenvalue weighted by Crippen LogP contribution is -2.47. The number of ether oxygens (including phenoxy) is 1. The number of hydrogen-bond acceptors (Lipinski definition) is 6. The van der Waals surface area contributed by atoms with E-state index in [1.54, 1.807) is 30.6 Å². The molecule has 0 spiro atoms. The number of fused-ring (bicyclic) bond motifs is 3. The lowest BCUT2D eigenvalue weighted by molar-refractivity contribution is 0.0458. The quantitative estimate of drug-likeness (QED) is 0.561. The van der Waals surface area contributed by atoms with Gasteiger partial charge < -0.3 is 19.8 Å². The van der Waals surface area contributed by atoms with Crippen molar-refractivity contribution in [3.63, 3.8) is 0 Å². The number of carbonyl (C=O) groups is 2. The van der Waals surface area contributed by atoms with E-state index in [4.69, 9.17) is 4.74 Å². The Morgan fingerprint density at radius 1 is 1.06 bits per heavy atom. The molecule has 36 heavy (non-hydrogen) atoms. The molecule has 190 valence electrons. The highest BCUT2D eigenvalue weighted by Crippen LogP contribution is 2.50. The summed E-state index contributed by atoms with van der Waals surface area (Å²) in [6, 6.07) is 1.35. The molecular weight excluding hydrogens is 463 g/mol. The summed E-state index contributed by atoms with van der Waals surface area (Å²) in [5.41, 5.74) is 1.01. The van der Waals surface area contributed by atoms with Crippen LogP contribution in [0.15, 0.2) is 24.7 Å². The van der Waals surface area contributed by atoms with Crippen LogP contribution in [0.3, 0.4) is 0 Å². The van der Waals surface area contributed by atoms with Crippen LogP contribution < -0.4 is 10.6 Å². The number of aromatic nitrogens is 4. The molecule has 2 aliphatic carbocycles. The van der Waals surface area contributed by atoms with E-state index in [1.807, 2.05) is 20.8 Å². The first kappa shape index (κ1) is 24.1. The Bertz CT molecular complexity index is 1370. The molecule has 2 aliphatic rings. The number of pyridine rings is 1. The highest BCUT2D eigenvalue weighted by Gasteiger charge is 2.56. The van der Waals surface area contributed by atoms with Crippen LogP contribution in [0.4, 0.5) is 9.18 Å². The lowest BCUT2D eigenvalue weighted by Gasteiger charge is -2.30. The van der Waals surface area contributed by atoms with Gasteiger partial charge in [-0.2, -0.15) is 0 Å². The molecule has 0 atom stereocenters. The predicted molar refractivity (Wildman–Crippen MR) is 131 cm³/mol. The summed E-state index contributed by atoms with van der Waals surface area (Å²) < 4.78 is 21.6. The van der Waals surface area contributed by atoms with Crippen LogP contribution >= 0.6 is 0 Å². The van der Waals surface area contributed by atoms with Crippen molar-refractivity contribution >= 4 is 17.6 Å². The third kappa shape index (κ3) is 4.52. The molecule has 2 N–H and O–H groups in total. The van der Waals surface area contributed by atoms with Crippen molar-refractivity contribution in [1.82, 2.24) is 30.0 Å². The maximum Gasteiger partial charge on any atom is 0.408 e. The topological polar surface area (TPSA) is 111 Å². The van der Waals surface area contributed by atoms with Gasteiger partial charge in [0, 0.05) is 35.2 Å². The monoisotopic (exact) mass is 494 g/mol. The fraction of sp³-hybridized carbons (Fsp3) is 0.500. The van der Waals surface area contributed by atoms with Gasteiger partial charge in [-0.15, -0.1) is 0 Å². The zero-order valence-corrected chi connectivity index (χ0v) is 21.2. The minimum atomic E-state index is -0.567. The first-order valence-corrected chi connectivity index (χ1v) is 12.2. The SMILES string of the molecule is Cc1cn2cc(-c3ncc(C(=O)NC45CCC(NC(=O)OC(C)(C)C)(CC4)C5)c(C)n3)cc(F)c2n1. The second-order valence-corrected chi connectivity index (χ2v) is 11.2. The fourth-order valence-electron chi connectivity index (χ4n) is 5.51. The molecule has 3 aromatic rings. The normalized spacial score (nSPS) is 23.2. The van der Waals surface area contributed by atoms with Crippen molar-refractivity contribution in [3.8, 4) is 11.4 Å². The first-order valence-electron chi connectivity index (χ1n) is 12.2. The number of nitrogens with zero attached hydrogens (tertiary/aromatic N) is 4. The van der Waals surface area contributed by atoms with Crippen LogP contribution in [0.5, 0.6) is 0 Å². The highest BCUT2D eigenvalue weighted by atomic mass is 19.1. The largest absolute Gasteiger partial charge is 0.444 e. The first-order chi connectivity index (χ1) is 16.9. The van der Waals surface area contributed by atoms with Gasteiger partial charge in [0.15, 0.2) is 17.3 Å². The molecular formula is C26H31FN6O3. The van der Waals surface area contributed by atoms with Gasteiger partial charge >= 0.3 is 6.09 Å². The van der Waals surface area contributed by atoms with Crippen LogP contribution in [-0.2, 0) is 4.74 Å². The molecule has 0 aliphatic heterocycles. The molecule has 3 aromatic heterocycles. The maximum atomic E-state index is 14.5. The molecule has 2 amide bonds. The van der Waals surface area contributed by atoms with Gasteiger partial charge in [0.05, 0.1) is 17.0 Å². The van der Waals surface area contributed by atoms with Gasteiger partial charge in [-0.1, -0.05) is 0 Å². The Hall–Kier alpha value is -3.56. The predicted octanol–water partition coefficient (Wildman–Crippen LogP) is 4.26. The summed E-state index contributed by atoms with van der Waals surface area (Å²) in [5.74, 6) is -0.383. The third-order valence-electron chi connectivity index (χ3n) is 7.09. The molecule has 9 nitrogen and oxygen atoms in total. The Kier molecular flexibility index (Phi) is 5.53. The average Bonchev–Trinajstić information content (AvgIpc) is 3.42. The standard InChI is InChI=1S/C26H31FN6O3/c1-15-12-33-13-17(10-19(27)21(33)29-15)20-28-11-18(16(2)30-20)22(34)31-25-6-8-26(14-25,9-7-25)32-23(35)36-24(3,4)5/h10-13H,6-9,14H2,1-5H3,(H,31,34)(H,32,35). The van der Waals surface area contributed by atoms with E-state index in [0.29, 0.717) is 34.8 Å². The van der Waals surface area contributed by atoms with Crippen molar-refractivity contribution < 1.29 is 18.7 Å². The summed E-state index contributed by atoms with van der Waals surface area (Å²) in [4.78, 5) is 38.6. The molecule has 3 heterocycles. The van der Waals surface area contributed by atoms with E-state index in [-0.39, 0.29) is 22.6 Å². The third-order valence-corrected chi connectivity index (χ3v) is 7.09. The van der Waals surface area contributed by atoms with Crippen molar-refractivity contribution in [1.29, 1.82) is 0 Å². The number of amides is 2. The Balaban J connectivity index is 1.30. The number of imidazole rings is 1. The van der Waals surface area contributed by atoms with E-state index in [1.165, 1.54) is 12.3 Å². The molecule has 2 fully saturated rings. The Morgan fingerprint density at radius 2 is 1.72 bits per heavy atom. The number of aryl methyl sites for hydroxylation is 2. The molecule has 10 heteroatoms. The van der Waals surface area contributed by atoms with Crippen LogP contribution in [0.25, 0.3) is 17.0 Å². The smallest absolute Gasteiger partial charge is 0.408 e. The molecule has 0 aromatic carbocycles. The van der Waals surface area contributed by atoms with E-state index >= 15 is 0 Å². The van der Waals surface area contributed by atoms with Crippen molar-refractivity contribution in [2.75, 3.05) is 0 Å². The number of rotatable bonds is 4. The Morgan fingerprint density at radius 3 is 2.36 bits per heavy atom. The van der Waals surface area contributed by atoms with E-state index in [2.05, 4.69) is 25.6 Å². The van der Waals surface area contributed by atoms with Gasteiger partial charge in [0.1, 0.15) is 5.60 Å². The second kappa shape index (κ2) is 8.25. The zero-order chi connectivity index (χ0) is 25.9. The number of alkyl carbamates (subject to hydrolysis) is 1. The molecule has 5 rings (SSSR count). The van der Waals surface area contributed by atoms with Crippen molar-refractivity contribution in [2.45, 2.75) is 83.4 Å². The average molecular weight is 495 g/mol. The molecule has 2 bridgehead atoms. The number of halogens is 1. The minimum Gasteiger partial charge on any atom is -0.444 e. The van der Waals surface area contributed by atoms with Gasteiger partial charge in [-0.25, -0.2) is 24.1 Å². The number of nitrogens with one attached hydrogen (secondary N) is 2. The molecule has 0 saturated heterocycles. The highest BCUT2D eigenvalue weighted by molar-refractivity contribution is 5.95. The minimum absolute atomic E-state index is 0.244. The van der Waals surface area contributed by atoms with Gasteiger partial charge in [0.2, 0.25) is 0 Å². The van der Waals surface area contributed by atoms with Gasteiger partial charge in [-0.3, -0.25) is 4.79 Å². The summed E-state index contributed by atoms with van der Waals surface area (Å²) in [7, 11) is 0. The second-order valence-electron chi connectivity index (χ2n) is 11.2. The maximum absolute atomic E-state index is 14.5. The summed E-state index contributed by atoms with van der Waals surface area (Å²) >= 11 is 0. The van der Waals surface area contributed by atoms with E-state index < -0.39 is 17.5 Å².